The average Bonchev–Trinajstić information content (AvgIpc) is 3.19. The summed E-state index contributed by atoms with van der Waals surface area (Å²) in [6, 6.07) is 14.5. The first-order valence-electron chi connectivity index (χ1n) is 6.35. The third-order valence-corrected chi connectivity index (χ3v) is 4.10. The Morgan fingerprint density at radius 3 is 2.53 bits per heavy atom. The van der Waals surface area contributed by atoms with Crippen molar-refractivity contribution < 1.29 is 9.50 Å². The Bertz CT molecular complexity index is 564. The zero-order chi connectivity index (χ0) is 13.4. The second-order valence-corrected chi connectivity index (χ2v) is 5.40. The molecule has 3 unspecified atom stereocenters. The molecule has 3 atom stereocenters. The van der Waals surface area contributed by atoms with Crippen LogP contribution in [0.3, 0.4) is 0 Å². The number of aliphatic hydroxyl groups excluding tert-OH is 1. The maximum Gasteiger partial charge on any atom is 0.130 e. The summed E-state index contributed by atoms with van der Waals surface area (Å²) in [5.74, 6) is -0.0811. The van der Waals surface area contributed by atoms with Gasteiger partial charge in [0.15, 0.2) is 0 Å². The molecule has 1 saturated carbocycles. The topological polar surface area (TPSA) is 20.2 Å². The molecule has 0 spiro atoms. The van der Waals surface area contributed by atoms with Crippen molar-refractivity contribution in [3.8, 4) is 0 Å². The summed E-state index contributed by atoms with van der Waals surface area (Å²) in [6.45, 7) is 0. The van der Waals surface area contributed by atoms with E-state index in [2.05, 4.69) is 0 Å². The Kier molecular flexibility index (Phi) is 3.29. The number of hydrogen-bond acceptors (Lipinski definition) is 1. The summed E-state index contributed by atoms with van der Waals surface area (Å²) >= 11 is 5.99. The van der Waals surface area contributed by atoms with Crippen LogP contribution in [0.15, 0.2) is 48.5 Å². The van der Waals surface area contributed by atoms with Gasteiger partial charge < -0.3 is 5.11 Å². The van der Waals surface area contributed by atoms with Crippen molar-refractivity contribution in [1.82, 2.24) is 0 Å². The maximum absolute atomic E-state index is 13.8. The molecule has 1 nitrogen and oxygen atoms in total. The van der Waals surface area contributed by atoms with E-state index in [1.54, 1.807) is 12.1 Å². The SMILES string of the molecule is OC(c1c(F)cccc1Cl)C1CC1c1ccccc1. The van der Waals surface area contributed by atoms with Gasteiger partial charge in [-0.25, -0.2) is 4.39 Å². The minimum atomic E-state index is -0.834. The lowest BCUT2D eigenvalue weighted by Crippen LogP contribution is -2.05. The van der Waals surface area contributed by atoms with Crippen molar-refractivity contribution in [2.24, 2.45) is 5.92 Å². The predicted molar refractivity (Wildman–Crippen MR) is 73.7 cm³/mol. The molecule has 2 aromatic rings. The number of rotatable bonds is 3. The monoisotopic (exact) mass is 276 g/mol. The molecule has 0 saturated heterocycles. The molecule has 0 radical (unpaired) electrons. The molecule has 0 bridgehead atoms. The van der Waals surface area contributed by atoms with Crippen molar-refractivity contribution >= 4 is 11.6 Å². The number of halogens is 2. The fourth-order valence-electron chi connectivity index (χ4n) is 2.65. The van der Waals surface area contributed by atoms with Crippen LogP contribution < -0.4 is 0 Å². The lowest BCUT2D eigenvalue weighted by Gasteiger charge is -2.13. The molecule has 1 aliphatic carbocycles. The van der Waals surface area contributed by atoms with Gasteiger partial charge in [-0.1, -0.05) is 48.0 Å². The first-order chi connectivity index (χ1) is 9.18. The lowest BCUT2D eigenvalue weighted by atomic mass is 10.0. The van der Waals surface area contributed by atoms with E-state index in [-0.39, 0.29) is 11.5 Å². The minimum Gasteiger partial charge on any atom is -0.388 e. The van der Waals surface area contributed by atoms with Crippen LogP contribution in [0.4, 0.5) is 4.39 Å². The van der Waals surface area contributed by atoms with Crippen LogP contribution in [0.25, 0.3) is 0 Å². The fourth-order valence-corrected chi connectivity index (χ4v) is 2.93. The molecule has 19 heavy (non-hydrogen) atoms. The van der Waals surface area contributed by atoms with Crippen LogP contribution in [-0.2, 0) is 0 Å². The first kappa shape index (κ1) is 12.6. The normalized spacial score (nSPS) is 23.1. The molecule has 0 aromatic heterocycles. The van der Waals surface area contributed by atoms with Crippen molar-refractivity contribution in [2.75, 3.05) is 0 Å². The molecule has 1 N–H and O–H groups in total. The van der Waals surface area contributed by atoms with E-state index < -0.39 is 11.9 Å². The summed E-state index contributed by atoms with van der Waals surface area (Å²) in [7, 11) is 0. The van der Waals surface area contributed by atoms with E-state index in [9.17, 15) is 9.50 Å². The van der Waals surface area contributed by atoms with Crippen LogP contribution in [0.2, 0.25) is 5.02 Å². The van der Waals surface area contributed by atoms with E-state index in [0.29, 0.717) is 10.9 Å². The van der Waals surface area contributed by atoms with E-state index >= 15 is 0 Å². The van der Waals surface area contributed by atoms with E-state index in [0.717, 1.165) is 6.42 Å². The van der Waals surface area contributed by atoms with Gasteiger partial charge in [0.2, 0.25) is 0 Å². The summed E-state index contributed by atoms with van der Waals surface area (Å²) in [5, 5.41) is 10.6. The second kappa shape index (κ2) is 4.95. The number of benzene rings is 2. The highest BCUT2D eigenvalue weighted by Crippen LogP contribution is 2.54. The Hall–Kier alpha value is -1.38. The third-order valence-electron chi connectivity index (χ3n) is 3.77. The van der Waals surface area contributed by atoms with Gasteiger partial charge in [0.05, 0.1) is 6.10 Å². The average molecular weight is 277 g/mol. The van der Waals surface area contributed by atoms with Gasteiger partial charge >= 0.3 is 0 Å². The second-order valence-electron chi connectivity index (χ2n) is 5.00. The molecule has 98 valence electrons. The fraction of sp³-hybridized carbons (Fsp3) is 0.250. The van der Waals surface area contributed by atoms with Crippen molar-refractivity contribution in [3.63, 3.8) is 0 Å². The number of hydrogen-bond donors (Lipinski definition) is 1. The highest BCUT2D eigenvalue weighted by atomic mass is 35.5. The molecular weight excluding hydrogens is 263 g/mol. The zero-order valence-corrected chi connectivity index (χ0v) is 11.0. The van der Waals surface area contributed by atoms with Crippen molar-refractivity contribution in [3.05, 3.63) is 70.5 Å². The molecule has 1 fully saturated rings. The summed E-state index contributed by atoms with van der Waals surface area (Å²) in [4.78, 5) is 0. The van der Waals surface area contributed by atoms with Crippen LogP contribution in [-0.4, -0.2) is 5.11 Å². The quantitative estimate of drug-likeness (QED) is 0.885. The Morgan fingerprint density at radius 2 is 1.84 bits per heavy atom. The maximum atomic E-state index is 13.8. The van der Waals surface area contributed by atoms with Gasteiger partial charge in [-0.15, -0.1) is 0 Å². The van der Waals surface area contributed by atoms with Crippen molar-refractivity contribution in [2.45, 2.75) is 18.4 Å². The molecular formula is C16H14ClFO. The summed E-state index contributed by atoms with van der Waals surface area (Å²) in [6.07, 6.45) is 0.0365. The Balaban J connectivity index is 1.82. The molecule has 3 heteroatoms. The van der Waals surface area contributed by atoms with Crippen LogP contribution in [0.1, 0.15) is 29.6 Å². The Labute approximate surface area is 116 Å². The minimum absolute atomic E-state index is 0.0526. The van der Waals surface area contributed by atoms with E-state index in [1.807, 2.05) is 30.3 Å². The lowest BCUT2D eigenvalue weighted by molar-refractivity contribution is 0.147. The zero-order valence-electron chi connectivity index (χ0n) is 10.3. The third kappa shape index (κ3) is 2.38. The van der Waals surface area contributed by atoms with Crippen LogP contribution in [0, 0.1) is 11.7 Å². The van der Waals surface area contributed by atoms with Crippen LogP contribution in [0.5, 0.6) is 0 Å². The molecule has 0 heterocycles. The van der Waals surface area contributed by atoms with Gasteiger partial charge in [0.25, 0.3) is 0 Å². The molecule has 0 amide bonds. The highest BCUT2D eigenvalue weighted by Gasteiger charge is 2.45. The number of aliphatic hydroxyl groups is 1. The smallest absolute Gasteiger partial charge is 0.130 e. The highest BCUT2D eigenvalue weighted by molar-refractivity contribution is 6.31. The summed E-state index contributed by atoms with van der Waals surface area (Å²) in [5.41, 5.74) is 1.42. The van der Waals surface area contributed by atoms with Crippen molar-refractivity contribution in [1.29, 1.82) is 0 Å². The molecule has 3 rings (SSSR count). The first-order valence-corrected chi connectivity index (χ1v) is 6.73. The summed E-state index contributed by atoms with van der Waals surface area (Å²) < 4.78 is 13.8. The van der Waals surface area contributed by atoms with Crippen LogP contribution >= 0.6 is 11.6 Å². The van der Waals surface area contributed by atoms with Gasteiger partial charge in [0.1, 0.15) is 5.82 Å². The van der Waals surface area contributed by atoms with E-state index in [4.69, 9.17) is 11.6 Å². The van der Waals surface area contributed by atoms with Gasteiger partial charge in [-0.05, 0) is 36.0 Å². The standard InChI is InChI=1S/C16H14ClFO/c17-13-7-4-8-14(18)15(13)16(19)12-9-11(12)10-5-2-1-3-6-10/h1-8,11-12,16,19H,9H2. The van der Waals surface area contributed by atoms with Gasteiger partial charge in [-0.2, -0.15) is 0 Å². The largest absolute Gasteiger partial charge is 0.388 e. The molecule has 2 aromatic carbocycles. The van der Waals surface area contributed by atoms with Gasteiger partial charge in [-0.3, -0.25) is 0 Å². The molecule has 1 aliphatic rings. The predicted octanol–water partition coefficient (Wildman–Crippen LogP) is 4.32. The molecule has 0 aliphatic heterocycles. The van der Waals surface area contributed by atoms with E-state index in [1.165, 1.54) is 11.6 Å². The Morgan fingerprint density at radius 1 is 1.11 bits per heavy atom. The van der Waals surface area contributed by atoms with Gasteiger partial charge in [0, 0.05) is 10.6 Å².